The van der Waals surface area contributed by atoms with Gasteiger partial charge in [0.15, 0.2) is 0 Å². The van der Waals surface area contributed by atoms with Crippen molar-refractivity contribution in [1.82, 2.24) is 15.0 Å². The molecular formula is C9H9N3O3. The third kappa shape index (κ3) is 1.50. The van der Waals surface area contributed by atoms with Gasteiger partial charge >= 0.3 is 5.97 Å². The SMILES string of the molecule is CCc1nc2[nH]c(C(=O)O)cc2c(=O)[nH]1. The quantitative estimate of drug-likeness (QED) is 0.668. The predicted molar refractivity (Wildman–Crippen MR) is 53.1 cm³/mol. The highest BCUT2D eigenvalue weighted by Gasteiger charge is 2.11. The van der Waals surface area contributed by atoms with E-state index in [1.54, 1.807) is 0 Å². The molecule has 0 aliphatic rings. The lowest BCUT2D eigenvalue weighted by molar-refractivity contribution is 0.0691. The number of carbonyl (C=O) groups is 1. The minimum atomic E-state index is -1.11. The molecule has 0 spiro atoms. The standard InChI is InChI=1S/C9H9N3O3/c1-2-6-11-7-4(8(13)12-6)3-5(10-7)9(14)15/h3H,2H2,1H3,(H,14,15)(H2,10,11,12,13). The second-order valence-electron chi connectivity index (χ2n) is 3.12. The van der Waals surface area contributed by atoms with Crippen molar-refractivity contribution in [2.24, 2.45) is 0 Å². The molecule has 2 aromatic rings. The van der Waals surface area contributed by atoms with Gasteiger partial charge in [0, 0.05) is 6.42 Å². The Morgan fingerprint density at radius 3 is 2.87 bits per heavy atom. The van der Waals surface area contributed by atoms with Gasteiger partial charge in [-0.25, -0.2) is 9.78 Å². The number of fused-ring (bicyclic) bond motifs is 1. The van der Waals surface area contributed by atoms with E-state index in [4.69, 9.17) is 5.11 Å². The van der Waals surface area contributed by atoms with Gasteiger partial charge < -0.3 is 15.1 Å². The van der Waals surface area contributed by atoms with E-state index < -0.39 is 5.97 Å². The number of carboxylic acid groups (broad SMARTS) is 1. The summed E-state index contributed by atoms with van der Waals surface area (Å²) in [6.45, 7) is 1.85. The van der Waals surface area contributed by atoms with Crippen molar-refractivity contribution in [3.63, 3.8) is 0 Å². The lowest BCUT2D eigenvalue weighted by atomic mass is 10.3. The van der Waals surface area contributed by atoms with Gasteiger partial charge in [-0.2, -0.15) is 0 Å². The Bertz CT molecular complexity index is 582. The predicted octanol–water partition coefficient (Wildman–Crippen LogP) is 0.512. The van der Waals surface area contributed by atoms with E-state index in [9.17, 15) is 9.59 Å². The minimum Gasteiger partial charge on any atom is -0.477 e. The average molecular weight is 207 g/mol. The topological polar surface area (TPSA) is 98.8 Å². The number of hydrogen-bond donors (Lipinski definition) is 3. The first-order valence-corrected chi connectivity index (χ1v) is 4.47. The molecule has 2 heterocycles. The summed E-state index contributed by atoms with van der Waals surface area (Å²) >= 11 is 0. The molecule has 2 rings (SSSR count). The third-order valence-electron chi connectivity index (χ3n) is 2.11. The van der Waals surface area contributed by atoms with E-state index in [1.807, 2.05) is 6.92 Å². The number of nitrogens with zero attached hydrogens (tertiary/aromatic N) is 1. The molecule has 0 saturated heterocycles. The van der Waals surface area contributed by atoms with Crippen molar-refractivity contribution < 1.29 is 9.90 Å². The van der Waals surface area contributed by atoms with E-state index in [2.05, 4.69) is 15.0 Å². The second-order valence-corrected chi connectivity index (χ2v) is 3.12. The summed E-state index contributed by atoms with van der Waals surface area (Å²) in [7, 11) is 0. The van der Waals surface area contributed by atoms with Crippen molar-refractivity contribution in [2.75, 3.05) is 0 Å². The van der Waals surface area contributed by atoms with Crippen molar-refractivity contribution in [1.29, 1.82) is 0 Å². The number of aromatic carboxylic acids is 1. The summed E-state index contributed by atoms with van der Waals surface area (Å²) in [5.41, 5.74) is -0.0372. The molecule has 0 radical (unpaired) electrons. The van der Waals surface area contributed by atoms with Crippen LogP contribution in [-0.4, -0.2) is 26.0 Å². The fourth-order valence-electron chi connectivity index (χ4n) is 1.35. The van der Waals surface area contributed by atoms with Gasteiger partial charge in [-0.05, 0) is 6.07 Å². The molecule has 0 aliphatic carbocycles. The van der Waals surface area contributed by atoms with Crippen LogP contribution in [0.25, 0.3) is 11.0 Å². The van der Waals surface area contributed by atoms with E-state index in [0.29, 0.717) is 17.9 Å². The van der Waals surface area contributed by atoms with Crippen LogP contribution in [0, 0.1) is 0 Å². The van der Waals surface area contributed by atoms with Crippen LogP contribution in [0.15, 0.2) is 10.9 Å². The van der Waals surface area contributed by atoms with Gasteiger partial charge in [0.1, 0.15) is 17.2 Å². The zero-order chi connectivity index (χ0) is 11.0. The normalized spacial score (nSPS) is 10.7. The Hall–Kier alpha value is -2.11. The molecule has 0 bridgehead atoms. The molecule has 6 nitrogen and oxygen atoms in total. The largest absolute Gasteiger partial charge is 0.477 e. The number of carboxylic acids is 1. The summed E-state index contributed by atoms with van der Waals surface area (Å²) < 4.78 is 0. The molecule has 3 N–H and O–H groups in total. The summed E-state index contributed by atoms with van der Waals surface area (Å²) in [6.07, 6.45) is 0.590. The van der Waals surface area contributed by atoms with Gasteiger partial charge in [-0.3, -0.25) is 4.79 Å². The molecule has 0 atom stereocenters. The third-order valence-corrected chi connectivity index (χ3v) is 2.11. The van der Waals surface area contributed by atoms with Crippen molar-refractivity contribution >= 4 is 17.0 Å². The van der Waals surface area contributed by atoms with Gasteiger partial charge in [-0.15, -0.1) is 0 Å². The van der Waals surface area contributed by atoms with Crippen molar-refractivity contribution in [2.45, 2.75) is 13.3 Å². The number of aryl methyl sites for hydroxylation is 1. The maximum atomic E-state index is 11.5. The molecule has 0 unspecified atom stereocenters. The molecular weight excluding hydrogens is 198 g/mol. The highest BCUT2D eigenvalue weighted by atomic mass is 16.4. The van der Waals surface area contributed by atoms with Crippen LogP contribution in [-0.2, 0) is 6.42 Å². The summed E-state index contributed by atoms with van der Waals surface area (Å²) in [5.74, 6) is -0.572. The molecule has 0 saturated carbocycles. The lowest BCUT2D eigenvalue weighted by Crippen LogP contribution is -2.10. The van der Waals surface area contributed by atoms with Crippen LogP contribution in [0.5, 0.6) is 0 Å². The fraction of sp³-hybridized carbons (Fsp3) is 0.222. The van der Waals surface area contributed by atoms with Crippen molar-refractivity contribution in [3.8, 4) is 0 Å². The smallest absolute Gasteiger partial charge is 0.352 e. The molecule has 2 aromatic heterocycles. The molecule has 0 fully saturated rings. The number of nitrogens with one attached hydrogen (secondary N) is 2. The highest BCUT2D eigenvalue weighted by Crippen LogP contribution is 2.08. The Balaban J connectivity index is 2.75. The summed E-state index contributed by atoms with van der Waals surface area (Å²) in [4.78, 5) is 31.4. The number of aromatic amines is 2. The number of rotatable bonds is 2. The number of H-pyrrole nitrogens is 2. The first kappa shape index (κ1) is 9.45. The summed E-state index contributed by atoms with van der Waals surface area (Å²) in [6, 6.07) is 1.28. The lowest BCUT2D eigenvalue weighted by Gasteiger charge is -1.94. The second kappa shape index (κ2) is 3.23. The highest BCUT2D eigenvalue weighted by molar-refractivity contribution is 5.92. The number of hydrogen-bond acceptors (Lipinski definition) is 3. The Labute approximate surface area is 84.0 Å². The zero-order valence-electron chi connectivity index (χ0n) is 8.00. The van der Waals surface area contributed by atoms with Crippen LogP contribution >= 0.6 is 0 Å². The van der Waals surface area contributed by atoms with Crippen molar-refractivity contribution in [3.05, 3.63) is 27.9 Å². The van der Waals surface area contributed by atoms with Gasteiger partial charge in [0.2, 0.25) is 0 Å². The van der Waals surface area contributed by atoms with Gasteiger partial charge in [-0.1, -0.05) is 6.92 Å². The molecule has 6 heteroatoms. The molecule has 78 valence electrons. The Morgan fingerprint density at radius 1 is 1.53 bits per heavy atom. The Kier molecular flexibility index (Phi) is 2.03. The van der Waals surface area contributed by atoms with Crippen LogP contribution in [0.1, 0.15) is 23.2 Å². The molecule has 0 aliphatic heterocycles. The van der Waals surface area contributed by atoms with Gasteiger partial charge in [0.05, 0.1) is 5.39 Å². The van der Waals surface area contributed by atoms with Gasteiger partial charge in [0.25, 0.3) is 5.56 Å². The zero-order valence-corrected chi connectivity index (χ0v) is 8.00. The number of aromatic nitrogens is 3. The maximum absolute atomic E-state index is 11.5. The Morgan fingerprint density at radius 2 is 2.27 bits per heavy atom. The van der Waals surface area contributed by atoms with E-state index in [-0.39, 0.29) is 16.6 Å². The molecule has 15 heavy (non-hydrogen) atoms. The van der Waals surface area contributed by atoms with E-state index >= 15 is 0 Å². The van der Waals surface area contributed by atoms with Crippen LogP contribution in [0.2, 0.25) is 0 Å². The molecule has 0 amide bonds. The van der Waals surface area contributed by atoms with Crippen LogP contribution in [0.4, 0.5) is 0 Å². The maximum Gasteiger partial charge on any atom is 0.352 e. The fourth-order valence-corrected chi connectivity index (χ4v) is 1.35. The monoisotopic (exact) mass is 207 g/mol. The summed E-state index contributed by atoms with van der Waals surface area (Å²) in [5, 5.41) is 9.00. The first-order valence-electron chi connectivity index (χ1n) is 4.47. The van der Waals surface area contributed by atoms with Crippen LogP contribution < -0.4 is 5.56 Å². The first-order chi connectivity index (χ1) is 7.11. The molecule has 0 aromatic carbocycles. The minimum absolute atomic E-state index is 0.0312. The average Bonchev–Trinajstić information content (AvgIpc) is 2.61. The van der Waals surface area contributed by atoms with E-state index in [0.717, 1.165) is 0 Å². The van der Waals surface area contributed by atoms with Crippen LogP contribution in [0.3, 0.4) is 0 Å². The van der Waals surface area contributed by atoms with E-state index in [1.165, 1.54) is 6.07 Å².